The van der Waals surface area contributed by atoms with E-state index in [0.29, 0.717) is 22.3 Å². The maximum Gasteiger partial charge on any atom is 0.221 e. The molecule has 5 rings (SSSR count). The Balaban J connectivity index is 2.05. The van der Waals surface area contributed by atoms with Gasteiger partial charge in [0.25, 0.3) is 0 Å². The molecule has 1 amide bonds. The Labute approximate surface area is 155 Å². The van der Waals surface area contributed by atoms with E-state index in [1.807, 2.05) is 43.3 Å². The normalized spacial score (nSPS) is 12.3. The standard InChI is InChI=1S/C23H16N2O2/c1-12-7-9-18-17(11-12)20-14-5-3-4-6-15(14)23(27)16-8-10-19(24-13(2)26)22(25-18)21(16)20/h3-11H,1-2H3,(H,24,26). The number of pyridine rings is 1. The van der Waals surface area contributed by atoms with Crippen LogP contribution in [-0.4, -0.2) is 16.7 Å². The van der Waals surface area contributed by atoms with Crippen LogP contribution in [0, 0.1) is 6.92 Å². The molecule has 0 saturated carbocycles. The smallest absolute Gasteiger partial charge is 0.221 e. The van der Waals surface area contributed by atoms with Crippen molar-refractivity contribution in [1.82, 2.24) is 4.98 Å². The highest BCUT2D eigenvalue weighted by Gasteiger charge is 2.28. The third-order valence-electron chi connectivity index (χ3n) is 5.08. The molecule has 0 aliphatic heterocycles. The van der Waals surface area contributed by atoms with Crippen LogP contribution in [0.4, 0.5) is 5.69 Å². The van der Waals surface area contributed by atoms with Gasteiger partial charge in [-0.1, -0.05) is 35.9 Å². The molecule has 4 nitrogen and oxygen atoms in total. The van der Waals surface area contributed by atoms with Crippen molar-refractivity contribution >= 4 is 39.2 Å². The average Bonchev–Trinajstić information content (AvgIpc) is 2.65. The first kappa shape index (κ1) is 15.7. The second kappa shape index (κ2) is 5.48. The fourth-order valence-corrected chi connectivity index (χ4v) is 3.97. The minimum atomic E-state index is -0.166. The number of rotatable bonds is 1. The summed E-state index contributed by atoms with van der Waals surface area (Å²) < 4.78 is 0. The summed E-state index contributed by atoms with van der Waals surface area (Å²) in [6.45, 7) is 3.52. The lowest BCUT2D eigenvalue weighted by atomic mass is 9.82. The van der Waals surface area contributed by atoms with Crippen molar-refractivity contribution in [2.24, 2.45) is 0 Å². The van der Waals surface area contributed by atoms with Crippen LogP contribution < -0.4 is 5.32 Å². The quantitative estimate of drug-likeness (QED) is 0.438. The van der Waals surface area contributed by atoms with Gasteiger partial charge in [-0.3, -0.25) is 9.59 Å². The van der Waals surface area contributed by atoms with Crippen molar-refractivity contribution in [1.29, 1.82) is 0 Å². The van der Waals surface area contributed by atoms with Crippen LogP contribution in [-0.2, 0) is 4.79 Å². The van der Waals surface area contributed by atoms with E-state index < -0.39 is 0 Å². The third kappa shape index (κ3) is 2.20. The molecule has 0 atom stereocenters. The molecule has 1 aliphatic rings. The number of ketones is 1. The van der Waals surface area contributed by atoms with Gasteiger partial charge < -0.3 is 5.32 Å². The topological polar surface area (TPSA) is 59.1 Å². The minimum absolute atomic E-state index is 0.00808. The van der Waals surface area contributed by atoms with Crippen LogP contribution in [0.25, 0.3) is 32.9 Å². The highest BCUT2D eigenvalue weighted by molar-refractivity contribution is 6.30. The number of nitrogens with one attached hydrogen (secondary N) is 1. The number of carbonyl (C=O) groups excluding carboxylic acids is 2. The molecule has 4 aromatic rings. The van der Waals surface area contributed by atoms with Crippen molar-refractivity contribution in [3.63, 3.8) is 0 Å². The molecule has 130 valence electrons. The van der Waals surface area contributed by atoms with Crippen molar-refractivity contribution < 1.29 is 9.59 Å². The van der Waals surface area contributed by atoms with E-state index in [-0.39, 0.29) is 11.7 Å². The number of anilines is 1. The Morgan fingerprint density at radius 2 is 1.74 bits per heavy atom. The molecule has 0 saturated heterocycles. The van der Waals surface area contributed by atoms with E-state index >= 15 is 0 Å². The van der Waals surface area contributed by atoms with Crippen LogP contribution >= 0.6 is 0 Å². The van der Waals surface area contributed by atoms with Gasteiger partial charge in [0.2, 0.25) is 5.91 Å². The molecule has 1 N–H and O–H groups in total. The molecule has 0 bridgehead atoms. The zero-order valence-corrected chi connectivity index (χ0v) is 15.0. The fourth-order valence-electron chi connectivity index (χ4n) is 3.97. The zero-order chi connectivity index (χ0) is 18.7. The van der Waals surface area contributed by atoms with Gasteiger partial charge in [0, 0.05) is 34.4 Å². The average molecular weight is 352 g/mol. The fraction of sp³-hybridized carbons (Fsp3) is 0.0870. The number of hydrogen-bond donors (Lipinski definition) is 1. The molecule has 0 fully saturated rings. The van der Waals surface area contributed by atoms with Gasteiger partial charge in [-0.15, -0.1) is 0 Å². The van der Waals surface area contributed by atoms with Crippen molar-refractivity contribution in [3.05, 3.63) is 71.3 Å². The Hall–Kier alpha value is -3.53. The Morgan fingerprint density at radius 1 is 0.963 bits per heavy atom. The number of benzene rings is 3. The van der Waals surface area contributed by atoms with Gasteiger partial charge in [-0.25, -0.2) is 4.98 Å². The third-order valence-corrected chi connectivity index (χ3v) is 5.08. The van der Waals surface area contributed by atoms with E-state index in [1.54, 1.807) is 12.1 Å². The summed E-state index contributed by atoms with van der Waals surface area (Å²) in [6.07, 6.45) is 0. The predicted molar refractivity (Wildman–Crippen MR) is 107 cm³/mol. The van der Waals surface area contributed by atoms with E-state index in [2.05, 4.69) is 11.4 Å². The summed E-state index contributed by atoms with van der Waals surface area (Å²) in [7, 11) is 0. The van der Waals surface area contributed by atoms with Gasteiger partial charge in [0.05, 0.1) is 16.7 Å². The Morgan fingerprint density at radius 3 is 2.52 bits per heavy atom. The van der Waals surface area contributed by atoms with Crippen LogP contribution in [0.2, 0.25) is 0 Å². The Bertz CT molecular complexity index is 1310. The number of aromatic nitrogens is 1. The highest BCUT2D eigenvalue weighted by Crippen LogP contribution is 2.44. The first-order chi connectivity index (χ1) is 13.0. The SMILES string of the molecule is CC(=O)Nc1ccc2c3c(c4cc(C)ccc4nc13)-c1ccccc1C2=O. The molecule has 1 aliphatic carbocycles. The molecule has 0 unspecified atom stereocenters. The van der Waals surface area contributed by atoms with Crippen LogP contribution in [0.15, 0.2) is 54.6 Å². The summed E-state index contributed by atoms with van der Waals surface area (Å²) in [5.74, 6) is -0.175. The Kier molecular flexibility index (Phi) is 3.19. The summed E-state index contributed by atoms with van der Waals surface area (Å²) in [5.41, 5.74) is 6.50. The summed E-state index contributed by atoms with van der Waals surface area (Å²) in [4.78, 5) is 29.6. The number of nitrogens with zero attached hydrogens (tertiary/aromatic N) is 1. The number of carbonyl (C=O) groups is 2. The molecule has 4 heteroatoms. The highest BCUT2D eigenvalue weighted by atomic mass is 16.1. The lowest BCUT2D eigenvalue weighted by Gasteiger charge is -2.22. The number of aryl methyl sites for hydroxylation is 1. The molecular formula is C23H16N2O2. The predicted octanol–water partition coefficient (Wildman–Crippen LogP) is 4.87. The van der Waals surface area contributed by atoms with E-state index in [1.165, 1.54) is 6.92 Å². The van der Waals surface area contributed by atoms with Gasteiger partial charge in [0.1, 0.15) is 0 Å². The van der Waals surface area contributed by atoms with Crippen molar-refractivity contribution in [2.75, 3.05) is 5.32 Å². The van der Waals surface area contributed by atoms with Crippen LogP contribution in [0.5, 0.6) is 0 Å². The molecule has 0 spiro atoms. The molecule has 3 aromatic carbocycles. The van der Waals surface area contributed by atoms with E-state index in [9.17, 15) is 9.59 Å². The number of fused-ring (bicyclic) bond motifs is 4. The van der Waals surface area contributed by atoms with Crippen LogP contribution in [0.3, 0.4) is 0 Å². The van der Waals surface area contributed by atoms with Crippen LogP contribution in [0.1, 0.15) is 28.4 Å². The van der Waals surface area contributed by atoms with Gasteiger partial charge >= 0.3 is 0 Å². The maximum atomic E-state index is 13.1. The first-order valence-electron chi connectivity index (χ1n) is 8.83. The largest absolute Gasteiger partial charge is 0.324 e. The monoisotopic (exact) mass is 352 g/mol. The molecule has 27 heavy (non-hydrogen) atoms. The van der Waals surface area contributed by atoms with Crippen molar-refractivity contribution in [2.45, 2.75) is 13.8 Å². The second-order valence-corrected chi connectivity index (χ2v) is 6.95. The maximum absolute atomic E-state index is 13.1. The number of hydrogen-bond acceptors (Lipinski definition) is 3. The van der Waals surface area contributed by atoms with E-state index in [4.69, 9.17) is 4.98 Å². The van der Waals surface area contributed by atoms with Gasteiger partial charge in [-0.2, -0.15) is 0 Å². The van der Waals surface area contributed by atoms with Crippen molar-refractivity contribution in [3.8, 4) is 11.1 Å². The van der Waals surface area contributed by atoms with E-state index in [0.717, 1.165) is 33.0 Å². The molecular weight excluding hydrogens is 336 g/mol. The zero-order valence-electron chi connectivity index (χ0n) is 15.0. The van der Waals surface area contributed by atoms with Gasteiger partial charge in [-0.05, 0) is 36.8 Å². The minimum Gasteiger partial charge on any atom is -0.324 e. The second-order valence-electron chi connectivity index (χ2n) is 6.95. The molecule has 1 aromatic heterocycles. The lowest BCUT2D eigenvalue weighted by Crippen LogP contribution is -2.13. The first-order valence-corrected chi connectivity index (χ1v) is 8.83. The molecule has 1 heterocycles. The molecule has 0 radical (unpaired) electrons. The van der Waals surface area contributed by atoms with Gasteiger partial charge in [0.15, 0.2) is 5.78 Å². The summed E-state index contributed by atoms with van der Waals surface area (Å²) in [6, 6.07) is 17.4. The summed E-state index contributed by atoms with van der Waals surface area (Å²) in [5, 5.41) is 4.68. The lowest BCUT2D eigenvalue weighted by molar-refractivity contribution is -0.114. The number of amides is 1. The summed E-state index contributed by atoms with van der Waals surface area (Å²) >= 11 is 0.